The van der Waals surface area contributed by atoms with Crippen molar-refractivity contribution in [1.29, 1.82) is 0 Å². The summed E-state index contributed by atoms with van der Waals surface area (Å²) in [5.74, 6) is 1.84. The van der Waals surface area contributed by atoms with Gasteiger partial charge in [0.2, 0.25) is 5.88 Å². The molecule has 9 nitrogen and oxygen atoms in total. The lowest BCUT2D eigenvalue weighted by Crippen LogP contribution is -2.19. The molecule has 158 valence electrons. The minimum absolute atomic E-state index is 0.374. The van der Waals surface area contributed by atoms with E-state index in [2.05, 4.69) is 36.1 Å². The lowest BCUT2D eigenvalue weighted by molar-refractivity contribution is 0.261. The fraction of sp³-hybridized carbons (Fsp3) is 0.143. The van der Waals surface area contributed by atoms with E-state index in [0.717, 1.165) is 27.7 Å². The molecule has 4 N–H and O–H groups in total. The van der Waals surface area contributed by atoms with Crippen LogP contribution in [0.5, 0.6) is 0 Å². The molecule has 2 amide bonds. The van der Waals surface area contributed by atoms with Crippen LogP contribution in [0.25, 0.3) is 0 Å². The minimum Gasteiger partial charge on any atom is -0.449 e. The van der Waals surface area contributed by atoms with Crippen molar-refractivity contribution in [3.63, 3.8) is 0 Å². The van der Waals surface area contributed by atoms with Gasteiger partial charge in [-0.15, -0.1) is 0 Å². The van der Waals surface area contributed by atoms with Crippen LogP contribution in [0.2, 0.25) is 0 Å². The van der Waals surface area contributed by atoms with Crippen LogP contribution in [-0.2, 0) is 0 Å². The number of H-pyrrole nitrogens is 1. The molecule has 0 aliphatic rings. The van der Waals surface area contributed by atoms with E-state index in [1.54, 1.807) is 12.1 Å². The van der Waals surface area contributed by atoms with Gasteiger partial charge in [0.15, 0.2) is 5.16 Å². The Morgan fingerprint density at radius 1 is 1.03 bits per heavy atom. The van der Waals surface area contributed by atoms with Gasteiger partial charge in [-0.1, -0.05) is 0 Å². The van der Waals surface area contributed by atoms with Crippen molar-refractivity contribution in [2.24, 2.45) is 0 Å². The number of furan rings is 1. The third-order valence-electron chi connectivity index (χ3n) is 4.19. The van der Waals surface area contributed by atoms with E-state index in [1.165, 1.54) is 18.0 Å². The largest absolute Gasteiger partial charge is 0.449 e. The average Bonchev–Trinajstić information content (AvgIpc) is 3.35. The fourth-order valence-corrected chi connectivity index (χ4v) is 3.73. The number of nitrogens with zero attached hydrogens (tertiary/aromatic N) is 3. The van der Waals surface area contributed by atoms with E-state index < -0.39 is 0 Å². The predicted octanol–water partition coefficient (Wildman–Crippen LogP) is 5.26. The number of carbonyl (C=O) groups excluding carboxylic acids is 1. The van der Waals surface area contributed by atoms with E-state index in [0.29, 0.717) is 22.5 Å². The van der Waals surface area contributed by atoms with Crippen LogP contribution in [0.1, 0.15) is 17.0 Å². The van der Waals surface area contributed by atoms with Crippen molar-refractivity contribution < 1.29 is 9.21 Å². The van der Waals surface area contributed by atoms with Crippen molar-refractivity contribution in [1.82, 2.24) is 20.2 Å². The van der Waals surface area contributed by atoms with Crippen molar-refractivity contribution in [2.45, 2.75) is 30.8 Å². The Morgan fingerprint density at radius 2 is 1.90 bits per heavy atom. The van der Waals surface area contributed by atoms with Gasteiger partial charge in [-0.05, 0) is 62.4 Å². The van der Waals surface area contributed by atoms with Gasteiger partial charge in [-0.2, -0.15) is 5.10 Å². The second-order valence-electron chi connectivity index (χ2n) is 6.86. The number of benzene rings is 1. The number of rotatable bonds is 6. The zero-order valence-electron chi connectivity index (χ0n) is 17.2. The Hall–Kier alpha value is -3.79. The quantitative estimate of drug-likeness (QED) is 0.305. The van der Waals surface area contributed by atoms with Gasteiger partial charge < -0.3 is 15.1 Å². The predicted molar refractivity (Wildman–Crippen MR) is 120 cm³/mol. The second kappa shape index (κ2) is 8.92. The number of aromatic amines is 1. The third kappa shape index (κ3) is 5.43. The Morgan fingerprint density at radius 3 is 2.61 bits per heavy atom. The van der Waals surface area contributed by atoms with Crippen LogP contribution in [0.3, 0.4) is 0 Å². The summed E-state index contributed by atoms with van der Waals surface area (Å²) in [5, 5.41) is 16.3. The molecule has 0 fully saturated rings. The molecule has 3 heterocycles. The molecule has 0 saturated carbocycles. The van der Waals surface area contributed by atoms with Gasteiger partial charge in [0.25, 0.3) is 0 Å². The second-order valence-corrected chi connectivity index (χ2v) is 7.87. The third-order valence-corrected chi connectivity index (χ3v) is 5.24. The van der Waals surface area contributed by atoms with Gasteiger partial charge >= 0.3 is 6.03 Å². The molecule has 0 spiro atoms. The van der Waals surface area contributed by atoms with Crippen LogP contribution >= 0.6 is 11.8 Å². The maximum absolute atomic E-state index is 12.1. The Kier molecular flexibility index (Phi) is 5.89. The van der Waals surface area contributed by atoms with Crippen LogP contribution < -0.4 is 16.0 Å². The highest BCUT2D eigenvalue weighted by molar-refractivity contribution is 7.99. The van der Waals surface area contributed by atoms with Gasteiger partial charge in [-0.3, -0.25) is 10.4 Å². The summed E-state index contributed by atoms with van der Waals surface area (Å²) in [6.45, 7) is 5.81. The van der Waals surface area contributed by atoms with Gasteiger partial charge in [0.05, 0.1) is 12.0 Å². The summed E-state index contributed by atoms with van der Waals surface area (Å²) in [4.78, 5) is 22.2. The first kappa shape index (κ1) is 20.5. The Bertz CT molecular complexity index is 1200. The summed E-state index contributed by atoms with van der Waals surface area (Å²) < 4.78 is 5.11. The van der Waals surface area contributed by atoms with E-state index in [4.69, 9.17) is 4.42 Å². The number of nitrogens with one attached hydrogen (secondary N) is 4. The number of hydrogen-bond donors (Lipinski definition) is 4. The first-order valence-electron chi connectivity index (χ1n) is 9.49. The van der Waals surface area contributed by atoms with Crippen molar-refractivity contribution in [3.8, 4) is 0 Å². The molecular formula is C21H21N7O2S. The number of aromatic nitrogens is 4. The number of anilines is 4. The first-order valence-corrected chi connectivity index (χ1v) is 10.3. The maximum Gasteiger partial charge on any atom is 0.326 e. The molecule has 4 rings (SSSR count). The van der Waals surface area contributed by atoms with Crippen LogP contribution in [0, 0.1) is 20.8 Å². The summed E-state index contributed by atoms with van der Waals surface area (Å²) in [6.07, 6.45) is 1.50. The summed E-state index contributed by atoms with van der Waals surface area (Å²) in [7, 11) is 0. The SMILES string of the molecule is Cc1cc(Nc2cc(C)nc(Sc3ccc(NC(=O)Nc4ccco4)cc3C)n2)[nH]n1. The molecule has 1 aromatic carbocycles. The lowest BCUT2D eigenvalue weighted by Gasteiger charge is -2.10. The van der Waals surface area contributed by atoms with Crippen molar-refractivity contribution in [3.05, 3.63) is 65.7 Å². The van der Waals surface area contributed by atoms with Gasteiger partial charge in [0, 0.05) is 34.5 Å². The standard InChI is InChI=1S/C21H21N7O2S/c1-12-9-15(23-20(29)26-19-5-4-8-30-19)6-7-16(12)31-21-22-13(2)10-17(25-21)24-18-11-14(3)27-28-18/h4-11H,1-3H3,(H2,23,26,29)(H2,22,24,25,27,28). The van der Waals surface area contributed by atoms with Crippen molar-refractivity contribution >= 4 is 41.0 Å². The normalized spacial score (nSPS) is 10.7. The van der Waals surface area contributed by atoms with E-state index in [-0.39, 0.29) is 6.03 Å². The molecule has 0 bridgehead atoms. The fourth-order valence-electron chi connectivity index (χ4n) is 2.84. The smallest absolute Gasteiger partial charge is 0.326 e. The molecule has 10 heteroatoms. The monoisotopic (exact) mass is 435 g/mol. The molecule has 0 saturated heterocycles. The number of urea groups is 1. The highest BCUT2D eigenvalue weighted by atomic mass is 32.2. The van der Waals surface area contributed by atoms with Crippen LogP contribution in [0.15, 0.2) is 63.2 Å². The zero-order chi connectivity index (χ0) is 21.8. The molecule has 0 radical (unpaired) electrons. The van der Waals surface area contributed by atoms with Gasteiger partial charge in [-0.25, -0.2) is 14.8 Å². The maximum atomic E-state index is 12.1. The molecule has 0 aliphatic carbocycles. The highest BCUT2D eigenvalue weighted by Crippen LogP contribution is 2.31. The Labute approximate surface area is 183 Å². The zero-order valence-corrected chi connectivity index (χ0v) is 18.0. The molecular weight excluding hydrogens is 414 g/mol. The lowest BCUT2D eigenvalue weighted by atomic mass is 10.2. The van der Waals surface area contributed by atoms with Crippen LogP contribution in [-0.4, -0.2) is 26.2 Å². The first-order chi connectivity index (χ1) is 14.9. The van der Waals surface area contributed by atoms with Crippen molar-refractivity contribution in [2.75, 3.05) is 16.0 Å². The summed E-state index contributed by atoms with van der Waals surface area (Å²) in [5.41, 5.74) is 3.41. The molecule has 0 atom stereocenters. The minimum atomic E-state index is -0.374. The summed E-state index contributed by atoms with van der Waals surface area (Å²) >= 11 is 1.46. The molecule has 4 aromatic rings. The molecule has 0 aliphatic heterocycles. The average molecular weight is 436 g/mol. The highest BCUT2D eigenvalue weighted by Gasteiger charge is 2.10. The van der Waals surface area contributed by atoms with E-state index in [1.807, 2.05) is 51.1 Å². The molecule has 3 aromatic heterocycles. The number of amides is 2. The van der Waals surface area contributed by atoms with Crippen LogP contribution in [0.4, 0.5) is 28.0 Å². The number of carbonyl (C=O) groups is 1. The molecule has 0 unspecified atom stereocenters. The number of hydrogen-bond acceptors (Lipinski definition) is 7. The molecule has 31 heavy (non-hydrogen) atoms. The number of aryl methyl sites for hydroxylation is 3. The Balaban J connectivity index is 1.44. The van der Waals surface area contributed by atoms with E-state index >= 15 is 0 Å². The summed E-state index contributed by atoms with van der Waals surface area (Å²) in [6, 6.07) is 12.4. The van der Waals surface area contributed by atoms with E-state index in [9.17, 15) is 4.79 Å². The van der Waals surface area contributed by atoms with Gasteiger partial charge in [0.1, 0.15) is 11.6 Å². The topological polar surface area (TPSA) is 121 Å².